The minimum Gasteiger partial charge on any atom is -0.229 e. The van der Waals surface area contributed by atoms with E-state index in [4.69, 9.17) is 0 Å². The SMILES string of the molecule is C=CCCCC.O=S1(=O)CCCC1. The Balaban J connectivity index is 0.000000226. The van der Waals surface area contributed by atoms with Crippen LogP contribution in [0.2, 0.25) is 0 Å². The molecule has 0 unspecified atom stereocenters. The molecule has 0 aromatic heterocycles. The number of allylic oxidation sites excluding steroid dienone is 1. The first-order valence-corrected chi connectivity index (χ1v) is 6.76. The third kappa shape index (κ3) is 8.03. The van der Waals surface area contributed by atoms with Crippen molar-refractivity contribution < 1.29 is 8.42 Å². The Labute approximate surface area is 82.0 Å². The van der Waals surface area contributed by atoms with Crippen molar-refractivity contribution in [3.63, 3.8) is 0 Å². The Morgan fingerprint density at radius 1 is 1.31 bits per heavy atom. The minimum absolute atomic E-state index is 0.424. The summed E-state index contributed by atoms with van der Waals surface area (Å²) < 4.78 is 20.9. The van der Waals surface area contributed by atoms with Crippen LogP contribution in [0.15, 0.2) is 12.7 Å². The molecule has 0 aromatic carbocycles. The van der Waals surface area contributed by atoms with E-state index in [0.717, 1.165) is 12.8 Å². The van der Waals surface area contributed by atoms with Gasteiger partial charge in [0.05, 0.1) is 11.5 Å². The van der Waals surface area contributed by atoms with Gasteiger partial charge in [-0.2, -0.15) is 0 Å². The van der Waals surface area contributed by atoms with Crippen LogP contribution < -0.4 is 0 Å². The van der Waals surface area contributed by atoms with Crippen molar-refractivity contribution in [3.05, 3.63) is 12.7 Å². The molecule has 1 saturated heterocycles. The number of hydrogen-bond donors (Lipinski definition) is 0. The van der Waals surface area contributed by atoms with E-state index < -0.39 is 9.84 Å². The summed E-state index contributed by atoms with van der Waals surface area (Å²) in [6.45, 7) is 5.78. The molecule has 0 spiro atoms. The lowest BCUT2D eigenvalue weighted by atomic mass is 10.3. The predicted molar refractivity (Wildman–Crippen MR) is 57.6 cm³/mol. The molecule has 0 atom stereocenters. The van der Waals surface area contributed by atoms with E-state index in [-0.39, 0.29) is 0 Å². The van der Waals surface area contributed by atoms with Crippen LogP contribution in [0.4, 0.5) is 0 Å². The molecule has 1 heterocycles. The summed E-state index contributed by atoms with van der Waals surface area (Å²) in [5, 5.41) is 0. The van der Waals surface area contributed by atoms with Gasteiger partial charge in [0.15, 0.2) is 0 Å². The van der Waals surface area contributed by atoms with Crippen LogP contribution in [0.25, 0.3) is 0 Å². The lowest BCUT2D eigenvalue weighted by Crippen LogP contribution is -1.98. The quantitative estimate of drug-likeness (QED) is 0.523. The highest BCUT2D eigenvalue weighted by Crippen LogP contribution is 2.08. The third-order valence-electron chi connectivity index (χ3n) is 1.92. The first-order chi connectivity index (χ1) is 6.12. The third-order valence-corrected chi connectivity index (χ3v) is 3.74. The fourth-order valence-corrected chi connectivity index (χ4v) is 2.59. The summed E-state index contributed by atoms with van der Waals surface area (Å²) in [5.74, 6) is 0.847. The monoisotopic (exact) mass is 204 g/mol. The van der Waals surface area contributed by atoms with Crippen LogP contribution in [0.5, 0.6) is 0 Å². The average molecular weight is 204 g/mol. The van der Waals surface area contributed by atoms with Crippen LogP contribution in [0.1, 0.15) is 39.0 Å². The van der Waals surface area contributed by atoms with Gasteiger partial charge in [0.1, 0.15) is 9.84 Å². The Hall–Kier alpha value is -0.310. The molecule has 2 nitrogen and oxygen atoms in total. The maximum Gasteiger partial charge on any atom is 0.150 e. The molecule has 3 heteroatoms. The summed E-state index contributed by atoms with van der Waals surface area (Å²) in [7, 11) is -2.55. The van der Waals surface area contributed by atoms with Gasteiger partial charge in [-0.05, 0) is 19.3 Å². The molecular formula is C10H20O2S. The molecule has 0 aromatic rings. The zero-order chi connectivity index (χ0) is 10.2. The largest absolute Gasteiger partial charge is 0.229 e. The second-order valence-corrected chi connectivity index (χ2v) is 5.59. The van der Waals surface area contributed by atoms with E-state index in [1.807, 2.05) is 6.08 Å². The van der Waals surface area contributed by atoms with Crippen molar-refractivity contribution >= 4 is 9.84 Å². The van der Waals surface area contributed by atoms with E-state index in [1.54, 1.807) is 0 Å². The second-order valence-electron chi connectivity index (χ2n) is 3.29. The predicted octanol–water partition coefficient (Wildman–Crippen LogP) is 2.56. The normalized spacial score (nSPS) is 18.8. The van der Waals surface area contributed by atoms with Crippen molar-refractivity contribution in [2.45, 2.75) is 39.0 Å². The van der Waals surface area contributed by atoms with Gasteiger partial charge in [0.2, 0.25) is 0 Å². The summed E-state index contributed by atoms with van der Waals surface area (Å²) in [6.07, 6.45) is 7.47. The number of unbranched alkanes of at least 4 members (excludes halogenated alkanes) is 2. The molecule has 0 radical (unpaired) electrons. The van der Waals surface area contributed by atoms with Crippen molar-refractivity contribution in [1.29, 1.82) is 0 Å². The standard InChI is InChI=1S/C6H12.C4H8O2S/c1-3-5-6-4-2;5-7(6)3-1-2-4-7/h3H,1,4-6H2,2H3;1-4H2. The second kappa shape index (κ2) is 7.13. The van der Waals surface area contributed by atoms with Crippen molar-refractivity contribution in [1.82, 2.24) is 0 Å². The first kappa shape index (κ1) is 12.7. The van der Waals surface area contributed by atoms with E-state index in [2.05, 4.69) is 13.5 Å². The maximum atomic E-state index is 10.4. The van der Waals surface area contributed by atoms with Crippen LogP contribution in [0.3, 0.4) is 0 Å². The molecule has 1 aliphatic heterocycles. The Bertz CT molecular complexity index is 205. The molecule has 1 fully saturated rings. The minimum atomic E-state index is -2.55. The van der Waals surface area contributed by atoms with Gasteiger partial charge in [-0.25, -0.2) is 8.42 Å². The van der Waals surface area contributed by atoms with Crippen molar-refractivity contribution in [3.8, 4) is 0 Å². The topological polar surface area (TPSA) is 34.1 Å². The fourth-order valence-electron chi connectivity index (χ4n) is 1.09. The van der Waals surface area contributed by atoms with Gasteiger partial charge < -0.3 is 0 Å². The first-order valence-electron chi connectivity index (χ1n) is 4.93. The molecule has 0 bridgehead atoms. The summed E-state index contributed by atoms with van der Waals surface area (Å²) in [5.41, 5.74) is 0. The molecular weight excluding hydrogens is 184 g/mol. The van der Waals surface area contributed by atoms with Crippen molar-refractivity contribution in [2.75, 3.05) is 11.5 Å². The molecule has 0 aliphatic carbocycles. The van der Waals surface area contributed by atoms with Crippen molar-refractivity contribution in [2.24, 2.45) is 0 Å². The summed E-state index contributed by atoms with van der Waals surface area (Å²) >= 11 is 0. The Morgan fingerprint density at radius 3 is 2.00 bits per heavy atom. The number of rotatable bonds is 3. The average Bonchev–Trinajstić information content (AvgIpc) is 2.47. The highest BCUT2D eigenvalue weighted by Gasteiger charge is 2.16. The highest BCUT2D eigenvalue weighted by atomic mass is 32.2. The van der Waals surface area contributed by atoms with Crippen LogP contribution >= 0.6 is 0 Å². The smallest absolute Gasteiger partial charge is 0.150 e. The molecule has 1 rings (SSSR count). The molecule has 1 aliphatic rings. The molecule has 0 amide bonds. The summed E-state index contributed by atoms with van der Waals surface area (Å²) in [6, 6.07) is 0. The van der Waals surface area contributed by atoms with Crippen LogP contribution in [-0.2, 0) is 9.84 Å². The zero-order valence-corrected chi connectivity index (χ0v) is 9.28. The lowest BCUT2D eigenvalue weighted by molar-refractivity contribution is 0.602. The Kier molecular flexibility index (Phi) is 6.96. The Morgan fingerprint density at radius 2 is 1.85 bits per heavy atom. The molecule has 0 N–H and O–H groups in total. The lowest BCUT2D eigenvalue weighted by Gasteiger charge is -1.81. The molecule has 13 heavy (non-hydrogen) atoms. The fraction of sp³-hybridized carbons (Fsp3) is 0.800. The van der Waals surface area contributed by atoms with Gasteiger partial charge in [-0.1, -0.05) is 25.8 Å². The number of hydrogen-bond acceptors (Lipinski definition) is 2. The van der Waals surface area contributed by atoms with E-state index in [1.165, 1.54) is 19.3 Å². The van der Waals surface area contributed by atoms with Crippen LogP contribution in [0, 0.1) is 0 Å². The van der Waals surface area contributed by atoms with Gasteiger partial charge in [0, 0.05) is 0 Å². The van der Waals surface area contributed by atoms with E-state index in [9.17, 15) is 8.42 Å². The van der Waals surface area contributed by atoms with Crippen LogP contribution in [-0.4, -0.2) is 19.9 Å². The van der Waals surface area contributed by atoms with E-state index in [0.29, 0.717) is 11.5 Å². The maximum absolute atomic E-state index is 10.4. The molecule has 78 valence electrons. The van der Waals surface area contributed by atoms with Gasteiger partial charge >= 0.3 is 0 Å². The highest BCUT2D eigenvalue weighted by molar-refractivity contribution is 7.91. The zero-order valence-electron chi connectivity index (χ0n) is 8.46. The van der Waals surface area contributed by atoms with Gasteiger partial charge in [-0.3, -0.25) is 0 Å². The molecule has 0 saturated carbocycles. The van der Waals surface area contributed by atoms with Gasteiger partial charge in [-0.15, -0.1) is 6.58 Å². The summed E-state index contributed by atoms with van der Waals surface area (Å²) in [4.78, 5) is 0. The van der Waals surface area contributed by atoms with Gasteiger partial charge in [0.25, 0.3) is 0 Å². The number of sulfone groups is 1. The van der Waals surface area contributed by atoms with E-state index >= 15 is 0 Å².